The van der Waals surface area contributed by atoms with Gasteiger partial charge in [-0.1, -0.05) is 12.1 Å². The number of methoxy groups -OCH3 is 2. The molecule has 0 radical (unpaired) electrons. The van der Waals surface area contributed by atoms with Crippen LogP contribution in [0.5, 0.6) is 23.0 Å². The molecule has 32 heavy (non-hydrogen) atoms. The Balaban J connectivity index is 2.06. The second-order valence-electron chi connectivity index (χ2n) is 6.77. The van der Waals surface area contributed by atoms with Gasteiger partial charge in [-0.2, -0.15) is 0 Å². The highest BCUT2D eigenvalue weighted by atomic mass is 16.7. The van der Waals surface area contributed by atoms with E-state index in [2.05, 4.69) is 4.74 Å². The van der Waals surface area contributed by atoms with Crippen molar-refractivity contribution < 1.29 is 42.8 Å². The van der Waals surface area contributed by atoms with E-state index in [1.807, 2.05) is 0 Å². The van der Waals surface area contributed by atoms with Crippen LogP contribution in [0.25, 0.3) is 0 Å². The molecule has 1 aliphatic rings. The minimum absolute atomic E-state index is 0.0734. The predicted molar refractivity (Wildman–Crippen MR) is 111 cm³/mol. The van der Waals surface area contributed by atoms with Crippen molar-refractivity contribution in [3.63, 3.8) is 0 Å². The van der Waals surface area contributed by atoms with E-state index in [1.165, 1.54) is 20.3 Å². The molecule has 170 valence electrons. The summed E-state index contributed by atoms with van der Waals surface area (Å²) in [6.07, 6.45) is 0.652. The highest BCUT2D eigenvalue weighted by molar-refractivity contribution is 5.86. The molecule has 0 bridgehead atoms. The first-order chi connectivity index (χ1) is 15.5. The van der Waals surface area contributed by atoms with Gasteiger partial charge in [0.05, 0.1) is 32.7 Å². The van der Waals surface area contributed by atoms with Crippen molar-refractivity contribution in [1.82, 2.24) is 0 Å². The number of carbonyl (C=O) groups excluding carboxylic acids is 3. The number of ether oxygens (including phenoxy) is 6. The van der Waals surface area contributed by atoms with Gasteiger partial charge in [0, 0.05) is 11.6 Å². The zero-order valence-corrected chi connectivity index (χ0v) is 18.0. The average molecular weight is 444 g/mol. The lowest BCUT2D eigenvalue weighted by Crippen LogP contribution is -2.25. The van der Waals surface area contributed by atoms with Crippen molar-refractivity contribution in [3.8, 4) is 23.0 Å². The maximum absolute atomic E-state index is 13.0. The molecule has 0 aromatic heterocycles. The lowest BCUT2D eigenvalue weighted by Gasteiger charge is -2.24. The first-order valence-electron chi connectivity index (χ1n) is 9.91. The van der Waals surface area contributed by atoms with Crippen LogP contribution in [-0.4, -0.2) is 52.5 Å². The van der Waals surface area contributed by atoms with Crippen LogP contribution in [0.15, 0.2) is 36.4 Å². The van der Waals surface area contributed by atoms with Gasteiger partial charge >= 0.3 is 11.9 Å². The van der Waals surface area contributed by atoms with E-state index in [4.69, 9.17) is 23.7 Å². The van der Waals surface area contributed by atoms with Crippen molar-refractivity contribution >= 4 is 18.2 Å². The van der Waals surface area contributed by atoms with Crippen LogP contribution in [0.1, 0.15) is 29.9 Å². The van der Waals surface area contributed by atoms with E-state index in [9.17, 15) is 14.4 Å². The first kappa shape index (κ1) is 22.9. The molecule has 1 aliphatic heterocycles. The third-order valence-corrected chi connectivity index (χ3v) is 4.96. The summed E-state index contributed by atoms with van der Waals surface area (Å²) in [4.78, 5) is 36.9. The van der Waals surface area contributed by atoms with Crippen LogP contribution < -0.4 is 18.9 Å². The largest absolute Gasteiger partial charge is 0.497 e. The molecule has 2 aromatic carbocycles. The minimum atomic E-state index is -0.990. The van der Waals surface area contributed by atoms with Crippen molar-refractivity contribution in [2.24, 2.45) is 0 Å². The van der Waals surface area contributed by atoms with Crippen LogP contribution >= 0.6 is 0 Å². The third-order valence-electron chi connectivity index (χ3n) is 4.96. The molecule has 0 saturated heterocycles. The summed E-state index contributed by atoms with van der Waals surface area (Å²) in [5.41, 5.74) is 0.903. The monoisotopic (exact) mass is 444 g/mol. The van der Waals surface area contributed by atoms with Gasteiger partial charge < -0.3 is 33.2 Å². The molecule has 0 N–H and O–H groups in total. The Hall–Kier alpha value is -3.75. The molecule has 0 aliphatic carbocycles. The molecule has 1 heterocycles. The summed E-state index contributed by atoms with van der Waals surface area (Å²) >= 11 is 0. The Labute approximate surface area is 185 Å². The summed E-state index contributed by atoms with van der Waals surface area (Å²) in [5, 5.41) is 0. The first-order valence-corrected chi connectivity index (χ1v) is 9.91. The van der Waals surface area contributed by atoms with Gasteiger partial charge in [0.25, 0.3) is 0 Å². The topological polar surface area (TPSA) is 107 Å². The standard InChI is InChI=1S/C23H24O9/c1-4-29-23(26)22(14-5-8-18-20(9-14)32-13-31-18)17(11-24)16-7-6-15(27-2)10-19(16)30-12-21(25)28-3/h5-11,17,22H,4,12-13H2,1-3H3. The van der Waals surface area contributed by atoms with Crippen molar-refractivity contribution in [1.29, 1.82) is 0 Å². The van der Waals surface area contributed by atoms with E-state index in [0.717, 1.165) is 0 Å². The van der Waals surface area contributed by atoms with Gasteiger partial charge in [0.1, 0.15) is 17.8 Å². The van der Waals surface area contributed by atoms with Gasteiger partial charge in [-0.05, 0) is 30.7 Å². The quantitative estimate of drug-likeness (QED) is 0.404. The predicted octanol–water partition coefficient (Wildman–Crippen LogP) is 2.61. The number of rotatable bonds is 10. The lowest BCUT2D eigenvalue weighted by molar-refractivity contribution is -0.146. The average Bonchev–Trinajstić information content (AvgIpc) is 3.28. The van der Waals surface area contributed by atoms with Gasteiger partial charge in [0.15, 0.2) is 18.1 Å². The fourth-order valence-corrected chi connectivity index (χ4v) is 3.40. The Bertz CT molecular complexity index is 985. The van der Waals surface area contributed by atoms with Crippen molar-refractivity contribution in [3.05, 3.63) is 47.5 Å². The zero-order chi connectivity index (χ0) is 23.1. The molecular weight excluding hydrogens is 420 g/mol. The number of aldehydes is 1. The highest BCUT2D eigenvalue weighted by Crippen LogP contribution is 2.42. The second-order valence-corrected chi connectivity index (χ2v) is 6.77. The third kappa shape index (κ3) is 4.93. The van der Waals surface area contributed by atoms with Crippen LogP contribution in [0.2, 0.25) is 0 Å². The zero-order valence-electron chi connectivity index (χ0n) is 18.0. The minimum Gasteiger partial charge on any atom is -0.497 e. The molecule has 2 unspecified atom stereocenters. The Morgan fingerprint density at radius 1 is 1.09 bits per heavy atom. The van der Waals surface area contributed by atoms with E-state index >= 15 is 0 Å². The molecule has 2 atom stereocenters. The van der Waals surface area contributed by atoms with Gasteiger partial charge in [-0.25, -0.2) is 4.79 Å². The normalized spacial score (nSPS) is 13.6. The Morgan fingerprint density at radius 2 is 1.88 bits per heavy atom. The SMILES string of the molecule is CCOC(=O)C(c1ccc2c(c1)OCO2)C(C=O)c1ccc(OC)cc1OCC(=O)OC. The van der Waals surface area contributed by atoms with Crippen LogP contribution in [0, 0.1) is 0 Å². The summed E-state index contributed by atoms with van der Waals surface area (Å²) in [7, 11) is 2.72. The lowest BCUT2D eigenvalue weighted by atomic mass is 9.81. The summed E-state index contributed by atoms with van der Waals surface area (Å²) in [6.45, 7) is 1.52. The fraction of sp³-hybridized carbons (Fsp3) is 0.348. The Kier molecular flexibility index (Phi) is 7.54. The van der Waals surface area contributed by atoms with Crippen LogP contribution in [0.3, 0.4) is 0 Å². The van der Waals surface area contributed by atoms with E-state index in [-0.39, 0.29) is 25.8 Å². The fourth-order valence-electron chi connectivity index (χ4n) is 3.40. The molecule has 2 aromatic rings. The summed E-state index contributed by atoms with van der Waals surface area (Å²) < 4.78 is 31.5. The van der Waals surface area contributed by atoms with Gasteiger partial charge in [-0.15, -0.1) is 0 Å². The van der Waals surface area contributed by atoms with Crippen LogP contribution in [-0.2, 0) is 23.9 Å². The molecule has 0 amide bonds. The number of hydrogen-bond acceptors (Lipinski definition) is 9. The van der Waals surface area contributed by atoms with E-state index in [0.29, 0.717) is 34.7 Å². The smallest absolute Gasteiger partial charge is 0.343 e. The van der Waals surface area contributed by atoms with Crippen molar-refractivity contribution in [2.45, 2.75) is 18.8 Å². The number of esters is 2. The Morgan fingerprint density at radius 3 is 2.56 bits per heavy atom. The molecule has 0 saturated carbocycles. The molecule has 0 spiro atoms. The van der Waals surface area contributed by atoms with Crippen LogP contribution in [0.4, 0.5) is 0 Å². The second kappa shape index (κ2) is 10.5. The maximum atomic E-state index is 13.0. The molecule has 3 rings (SSSR count). The highest BCUT2D eigenvalue weighted by Gasteiger charge is 2.35. The summed E-state index contributed by atoms with van der Waals surface area (Å²) in [5.74, 6) is -1.47. The number of fused-ring (bicyclic) bond motifs is 1. The van der Waals surface area contributed by atoms with Gasteiger partial charge in [0.2, 0.25) is 6.79 Å². The van der Waals surface area contributed by atoms with Gasteiger partial charge in [-0.3, -0.25) is 4.79 Å². The number of benzene rings is 2. The number of carbonyl (C=O) groups is 3. The van der Waals surface area contributed by atoms with E-state index in [1.54, 1.807) is 37.3 Å². The molecular formula is C23H24O9. The molecule has 9 nitrogen and oxygen atoms in total. The summed E-state index contributed by atoms with van der Waals surface area (Å²) in [6, 6.07) is 9.80. The number of hydrogen-bond donors (Lipinski definition) is 0. The maximum Gasteiger partial charge on any atom is 0.343 e. The van der Waals surface area contributed by atoms with Crippen molar-refractivity contribution in [2.75, 3.05) is 34.2 Å². The molecule has 9 heteroatoms. The van der Waals surface area contributed by atoms with E-state index < -0.39 is 23.8 Å². The molecule has 0 fully saturated rings.